The van der Waals surface area contributed by atoms with Gasteiger partial charge >= 0.3 is 0 Å². The van der Waals surface area contributed by atoms with E-state index in [1.807, 2.05) is 12.1 Å². The van der Waals surface area contributed by atoms with E-state index >= 15 is 0 Å². The third-order valence-corrected chi connectivity index (χ3v) is 3.54. The van der Waals surface area contributed by atoms with E-state index in [9.17, 15) is 4.79 Å². The van der Waals surface area contributed by atoms with Gasteiger partial charge in [-0.25, -0.2) is 0 Å². The molecule has 1 aliphatic heterocycles. The van der Waals surface area contributed by atoms with Gasteiger partial charge in [0.05, 0.1) is 12.1 Å². The smallest absolute Gasteiger partial charge is 0.255 e. The molecule has 0 unspecified atom stereocenters. The second kappa shape index (κ2) is 9.05. The SMILES string of the molecule is COc1cc(CN2CCNCC2)cc(Cl)c1OCC(N)=O.Cl. The zero-order chi connectivity index (χ0) is 15.2. The highest BCUT2D eigenvalue weighted by Gasteiger charge is 2.16. The first-order chi connectivity index (χ1) is 10.1. The number of primary amides is 1. The summed E-state index contributed by atoms with van der Waals surface area (Å²) < 4.78 is 10.6. The molecule has 124 valence electrons. The van der Waals surface area contributed by atoms with Crippen molar-refractivity contribution in [2.45, 2.75) is 6.54 Å². The zero-order valence-electron chi connectivity index (χ0n) is 12.4. The fourth-order valence-electron chi connectivity index (χ4n) is 2.28. The molecule has 1 amide bonds. The molecule has 0 saturated carbocycles. The predicted octanol–water partition coefficient (Wildman–Crippen LogP) is 1.04. The molecule has 1 aromatic carbocycles. The fourth-order valence-corrected chi connectivity index (χ4v) is 2.56. The minimum absolute atomic E-state index is 0. The van der Waals surface area contributed by atoms with Crippen molar-refractivity contribution in [3.05, 3.63) is 22.7 Å². The number of halogens is 2. The molecule has 0 bridgehead atoms. The van der Waals surface area contributed by atoms with E-state index in [0.717, 1.165) is 38.3 Å². The Hall–Kier alpha value is -1.21. The maximum atomic E-state index is 10.8. The second-order valence-electron chi connectivity index (χ2n) is 4.89. The summed E-state index contributed by atoms with van der Waals surface area (Å²) in [6, 6.07) is 3.71. The monoisotopic (exact) mass is 349 g/mol. The molecule has 1 saturated heterocycles. The Labute approximate surface area is 141 Å². The van der Waals surface area contributed by atoms with Crippen molar-refractivity contribution in [1.29, 1.82) is 0 Å². The molecule has 0 radical (unpaired) electrons. The molecule has 6 nitrogen and oxygen atoms in total. The van der Waals surface area contributed by atoms with Crippen molar-refractivity contribution in [3.8, 4) is 11.5 Å². The molecule has 1 aliphatic rings. The molecule has 0 aliphatic carbocycles. The molecule has 8 heteroatoms. The topological polar surface area (TPSA) is 76.8 Å². The van der Waals surface area contributed by atoms with Crippen molar-refractivity contribution < 1.29 is 14.3 Å². The van der Waals surface area contributed by atoms with Gasteiger partial charge in [-0.1, -0.05) is 11.6 Å². The van der Waals surface area contributed by atoms with Crippen LogP contribution in [0, 0.1) is 0 Å². The fraction of sp³-hybridized carbons (Fsp3) is 0.500. The Bertz CT molecular complexity index is 508. The lowest BCUT2D eigenvalue weighted by atomic mass is 10.1. The predicted molar refractivity (Wildman–Crippen MR) is 88.1 cm³/mol. The van der Waals surface area contributed by atoms with E-state index in [-0.39, 0.29) is 19.0 Å². The van der Waals surface area contributed by atoms with E-state index in [1.165, 1.54) is 7.11 Å². The highest BCUT2D eigenvalue weighted by molar-refractivity contribution is 6.32. The van der Waals surface area contributed by atoms with Gasteiger partial charge in [-0.15, -0.1) is 12.4 Å². The number of carbonyl (C=O) groups is 1. The molecular formula is C14H21Cl2N3O3. The summed E-state index contributed by atoms with van der Waals surface area (Å²) in [5.41, 5.74) is 6.12. The van der Waals surface area contributed by atoms with Gasteiger partial charge in [0.25, 0.3) is 5.91 Å². The van der Waals surface area contributed by atoms with Crippen LogP contribution in [0.3, 0.4) is 0 Å². The second-order valence-corrected chi connectivity index (χ2v) is 5.30. The average Bonchev–Trinajstić information content (AvgIpc) is 2.46. The van der Waals surface area contributed by atoms with E-state index in [0.29, 0.717) is 16.5 Å². The van der Waals surface area contributed by atoms with Gasteiger partial charge in [0, 0.05) is 32.7 Å². The maximum Gasteiger partial charge on any atom is 0.255 e. The standard InChI is InChI=1S/C14H20ClN3O3.ClH/c1-20-12-7-10(8-18-4-2-17-3-5-18)6-11(15)14(12)21-9-13(16)19;/h6-7,17H,2-5,8-9H2,1H3,(H2,16,19);1H. The van der Waals surface area contributed by atoms with Crippen LogP contribution in [0.15, 0.2) is 12.1 Å². The van der Waals surface area contributed by atoms with Gasteiger partial charge in [0.15, 0.2) is 18.1 Å². The highest BCUT2D eigenvalue weighted by atomic mass is 35.5. The number of nitrogens with zero attached hydrogens (tertiary/aromatic N) is 1. The zero-order valence-corrected chi connectivity index (χ0v) is 14.0. The molecule has 1 fully saturated rings. The number of ether oxygens (including phenoxy) is 2. The Balaban J connectivity index is 0.00000242. The van der Waals surface area contributed by atoms with Crippen molar-refractivity contribution in [1.82, 2.24) is 10.2 Å². The first-order valence-electron chi connectivity index (χ1n) is 6.80. The number of methoxy groups -OCH3 is 1. The van der Waals surface area contributed by atoms with E-state index in [4.69, 9.17) is 26.8 Å². The molecule has 3 N–H and O–H groups in total. The van der Waals surface area contributed by atoms with Gasteiger partial charge in [-0.05, 0) is 17.7 Å². The van der Waals surface area contributed by atoms with E-state index in [2.05, 4.69) is 10.2 Å². The summed E-state index contributed by atoms with van der Waals surface area (Å²) in [7, 11) is 1.54. The lowest BCUT2D eigenvalue weighted by Crippen LogP contribution is -2.42. The van der Waals surface area contributed by atoms with Crippen LogP contribution in [0.1, 0.15) is 5.56 Å². The van der Waals surface area contributed by atoms with Crippen LogP contribution >= 0.6 is 24.0 Å². The van der Waals surface area contributed by atoms with Crippen molar-refractivity contribution in [2.24, 2.45) is 5.73 Å². The van der Waals surface area contributed by atoms with Gasteiger partial charge in [-0.2, -0.15) is 0 Å². The summed E-state index contributed by atoms with van der Waals surface area (Å²) in [5, 5.41) is 3.73. The Morgan fingerprint density at radius 1 is 1.41 bits per heavy atom. The number of hydrogen-bond donors (Lipinski definition) is 2. The molecule has 1 heterocycles. The van der Waals surface area contributed by atoms with Gasteiger partial charge < -0.3 is 20.5 Å². The van der Waals surface area contributed by atoms with E-state index in [1.54, 1.807) is 0 Å². The lowest BCUT2D eigenvalue weighted by molar-refractivity contribution is -0.119. The molecule has 0 atom stereocenters. The van der Waals surface area contributed by atoms with Gasteiger partial charge in [0.1, 0.15) is 0 Å². The largest absolute Gasteiger partial charge is 0.493 e. The minimum Gasteiger partial charge on any atom is -0.493 e. The Kier molecular flexibility index (Phi) is 7.75. The molecule has 0 spiro atoms. The van der Waals surface area contributed by atoms with Crippen LogP contribution in [-0.4, -0.2) is 50.7 Å². The molecular weight excluding hydrogens is 329 g/mol. The van der Waals surface area contributed by atoms with Crippen molar-refractivity contribution in [2.75, 3.05) is 39.9 Å². The Morgan fingerprint density at radius 3 is 2.68 bits per heavy atom. The summed E-state index contributed by atoms with van der Waals surface area (Å²) >= 11 is 6.23. The normalized spacial score (nSPS) is 15.0. The number of rotatable bonds is 6. The minimum atomic E-state index is -0.557. The van der Waals surface area contributed by atoms with Crippen molar-refractivity contribution in [3.63, 3.8) is 0 Å². The molecule has 0 aromatic heterocycles. The van der Waals surface area contributed by atoms with Crippen LogP contribution in [0.5, 0.6) is 11.5 Å². The van der Waals surface area contributed by atoms with Crippen LogP contribution < -0.4 is 20.5 Å². The van der Waals surface area contributed by atoms with Crippen LogP contribution in [0.25, 0.3) is 0 Å². The van der Waals surface area contributed by atoms with Crippen LogP contribution in [-0.2, 0) is 11.3 Å². The number of nitrogens with one attached hydrogen (secondary N) is 1. The first kappa shape index (κ1) is 18.8. The van der Waals surface area contributed by atoms with Crippen LogP contribution in [0.4, 0.5) is 0 Å². The van der Waals surface area contributed by atoms with Gasteiger partial charge in [0.2, 0.25) is 0 Å². The maximum absolute atomic E-state index is 10.8. The van der Waals surface area contributed by atoms with Gasteiger partial charge in [-0.3, -0.25) is 9.69 Å². The summed E-state index contributed by atoms with van der Waals surface area (Å²) in [4.78, 5) is 13.2. The number of amides is 1. The summed E-state index contributed by atoms with van der Waals surface area (Å²) in [6.07, 6.45) is 0. The lowest BCUT2D eigenvalue weighted by Gasteiger charge is -2.27. The summed E-state index contributed by atoms with van der Waals surface area (Å²) in [5.74, 6) is 0.300. The molecule has 2 rings (SSSR count). The number of benzene rings is 1. The third kappa shape index (κ3) is 5.21. The highest BCUT2D eigenvalue weighted by Crippen LogP contribution is 2.36. The van der Waals surface area contributed by atoms with Crippen LogP contribution in [0.2, 0.25) is 5.02 Å². The third-order valence-electron chi connectivity index (χ3n) is 3.26. The van der Waals surface area contributed by atoms with E-state index < -0.39 is 5.91 Å². The summed E-state index contributed by atoms with van der Waals surface area (Å²) in [6.45, 7) is 4.55. The molecule has 1 aromatic rings. The number of piperazine rings is 1. The number of hydrogen-bond acceptors (Lipinski definition) is 5. The number of nitrogens with two attached hydrogens (primary N) is 1. The molecule has 22 heavy (non-hydrogen) atoms. The number of carbonyl (C=O) groups excluding carboxylic acids is 1. The van der Waals surface area contributed by atoms with Crippen molar-refractivity contribution >= 4 is 29.9 Å². The Morgan fingerprint density at radius 2 is 2.09 bits per heavy atom. The average molecular weight is 350 g/mol. The quantitative estimate of drug-likeness (QED) is 0.802. The first-order valence-corrected chi connectivity index (χ1v) is 7.18.